The number of rotatable bonds is 4. The van der Waals surface area contributed by atoms with E-state index in [1.165, 1.54) is 10.4 Å². The van der Waals surface area contributed by atoms with Gasteiger partial charge in [0.2, 0.25) is 0 Å². The molecule has 2 heteroatoms. The van der Waals surface area contributed by atoms with Crippen LogP contribution in [-0.4, -0.2) is 0 Å². The SMILES string of the molecule is CC(N[C@H](C)c1ccccc1)c1cccs1. The van der Waals surface area contributed by atoms with E-state index in [1.807, 2.05) is 0 Å². The lowest BCUT2D eigenvalue weighted by atomic mass is 10.1. The second-order valence-corrected chi connectivity index (χ2v) is 5.02. The van der Waals surface area contributed by atoms with Gasteiger partial charge in [0.15, 0.2) is 0 Å². The second-order valence-electron chi connectivity index (χ2n) is 4.04. The predicted molar refractivity (Wildman–Crippen MR) is 70.7 cm³/mol. The first kappa shape index (κ1) is 11.4. The van der Waals surface area contributed by atoms with Gasteiger partial charge in [0.25, 0.3) is 0 Å². The Balaban J connectivity index is 2.00. The molecule has 1 unspecified atom stereocenters. The molecular formula is C14H17NS. The van der Waals surface area contributed by atoms with Crippen molar-refractivity contribution in [3.8, 4) is 0 Å². The van der Waals surface area contributed by atoms with E-state index in [9.17, 15) is 0 Å². The Kier molecular flexibility index (Phi) is 3.75. The average molecular weight is 231 g/mol. The molecule has 2 atom stereocenters. The first-order chi connectivity index (χ1) is 7.77. The highest BCUT2D eigenvalue weighted by molar-refractivity contribution is 7.10. The van der Waals surface area contributed by atoms with E-state index >= 15 is 0 Å². The number of thiophene rings is 1. The molecule has 0 aliphatic rings. The average Bonchev–Trinajstić information content (AvgIpc) is 2.83. The van der Waals surface area contributed by atoms with Crippen LogP contribution in [0.4, 0.5) is 0 Å². The van der Waals surface area contributed by atoms with Crippen molar-refractivity contribution < 1.29 is 0 Å². The fourth-order valence-electron chi connectivity index (χ4n) is 1.83. The van der Waals surface area contributed by atoms with Crippen molar-refractivity contribution in [1.29, 1.82) is 0 Å². The minimum atomic E-state index is 0.387. The highest BCUT2D eigenvalue weighted by Gasteiger charge is 2.10. The highest BCUT2D eigenvalue weighted by atomic mass is 32.1. The Morgan fingerprint density at radius 2 is 1.69 bits per heavy atom. The molecule has 0 saturated heterocycles. The molecule has 1 nitrogen and oxygen atoms in total. The molecule has 1 heterocycles. The van der Waals surface area contributed by atoms with E-state index < -0.39 is 0 Å². The van der Waals surface area contributed by atoms with Gasteiger partial charge in [-0.2, -0.15) is 0 Å². The van der Waals surface area contributed by atoms with Crippen molar-refractivity contribution in [3.05, 3.63) is 58.3 Å². The maximum absolute atomic E-state index is 3.61. The molecule has 1 N–H and O–H groups in total. The van der Waals surface area contributed by atoms with Crippen LogP contribution in [0.25, 0.3) is 0 Å². The molecule has 0 radical (unpaired) electrons. The summed E-state index contributed by atoms with van der Waals surface area (Å²) in [6.45, 7) is 4.42. The van der Waals surface area contributed by atoms with E-state index in [1.54, 1.807) is 11.3 Å². The van der Waals surface area contributed by atoms with Gasteiger partial charge < -0.3 is 5.32 Å². The molecule has 0 fully saturated rings. The van der Waals surface area contributed by atoms with Gasteiger partial charge in [-0.25, -0.2) is 0 Å². The third-order valence-electron chi connectivity index (χ3n) is 2.77. The first-order valence-corrected chi connectivity index (χ1v) is 6.49. The molecule has 2 aromatic rings. The zero-order valence-corrected chi connectivity index (χ0v) is 10.5. The Bertz CT molecular complexity index is 408. The van der Waals surface area contributed by atoms with Crippen molar-refractivity contribution in [1.82, 2.24) is 5.32 Å². The summed E-state index contributed by atoms with van der Waals surface area (Å²) in [5.41, 5.74) is 1.34. The van der Waals surface area contributed by atoms with E-state index in [0.717, 1.165) is 0 Å². The molecule has 0 bridgehead atoms. The lowest BCUT2D eigenvalue weighted by Crippen LogP contribution is -2.21. The quantitative estimate of drug-likeness (QED) is 0.833. The van der Waals surface area contributed by atoms with Crippen LogP contribution in [0.15, 0.2) is 47.8 Å². The van der Waals surface area contributed by atoms with Crippen LogP contribution in [0.2, 0.25) is 0 Å². The summed E-state index contributed by atoms with van der Waals surface area (Å²) in [4.78, 5) is 1.39. The van der Waals surface area contributed by atoms with Crippen LogP contribution in [0.3, 0.4) is 0 Å². The van der Waals surface area contributed by atoms with Crippen LogP contribution >= 0.6 is 11.3 Å². The lowest BCUT2D eigenvalue weighted by molar-refractivity contribution is 0.500. The van der Waals surface area contributed by atoms with Crippen LogP contribution < -0.4 is 5.32 Å². The van der Waals surface area contributed by atoms with Gasteiger partial charge >= 0.3 is 0 Å². The fourth-order valence-corrected chi connectivity index (χ4v) is 2.58. The molecule has 84 valence electrons. The zero-order chi connectivity index (χ0) is 11.4. The maximum atomic E-state index is 3.61. The smallest absolute Gasteiger partial charge is 0.0391 e. The van der Waals surface area contributed by atoms with Crippen LogP contribution in [0, 0.1) is 0 Å². The summed E-state index contributed by atoms with van der Waals surface area (Å²) < 4.78 is 0. The van der Waals surface area contributed by atoms with E-state index in [-0.39, 0.29) is 0 Å². The van der Waals surface area contributed by atoms with Gasteiger partial charge in [-0.3, -0.25) is 0 Å². The Hall–Kier alpha value is -1.12. The molecule has 0 saturated carbocycles. The number of hydrogen-bond donors (Lipinski definition) is 1. The first-order valence-electron chi connectivity index (χ1n) is 5.62. The summed E-state index contributed by atoms with van der Waals surface area (Å²) in [5, 5.41) is 5.73. The van der Waals surface area contributed by atoms with Gasteiger partial charge in [-0.15, -0.1) is 11.3 Å². The van der Waals surface area contributed by atoms with Crippen molar-refractivity contribution in [2.24, 2.45) is 0 Å². The molecule has 0 aliphatic heterocycles. The van der Waals surface area contributed by atoms with E-state index in [0.29, 0.717) is 12.1 Å². The number of benzene rings is 1. The van der Waals surface area contributed by atoms with Gasteiger partial charge in [0.05, 0.1) is 0 Å². The monoisotopic (exact) mass is 231 g/mol. The molecular weight excluding hydrogens is 214 g/mol. The molecule has 1 aromatic heterocycles. The third kappa shape index (κ3) is 2.71. The topological polar surface area (TPSA) is 12.0 Å². The van der Waals surface area contributed by atoms with E-state index in [4.69, 9.17) is 0 Å². The molecule has 0 spiro atoms. The van der Waals surface area contributed by atoms with Crippen LogP contribution in [0.1, 0.15) is 36.4 Å². The van der Waals surface area contributed by atoms with Crippen molar-refractivity contribution in [2.45, 2.75) is 25.9 Å². The predicted octanol–water partition coefficient (Wildman–Crippen LogP) is 4.16. The lowest BCUT2D eigenvalue weighted by Gasteiger charge is -2.19. The van der Waals surface area contributed by atoms with Crippen molar-refractivity contribution in [3.63, 3.8) is 0 Å². The van der Waals surface area contributed by atoms with Crippen LogP contribution in [-0.2, 0) is 0 Å². The normalized spacial score (nSPS) is 14.6. The molecule has 2 rings (SSSR count). The van der Waals surface area contributed by atoms with Gasteiger partial charge in [-0.05, 0) is 30.9 Å². The van der Waals surface area contributed by atoms with Crippen LogP contribution in [0.5, 0.6) is 0 Å². The van der Waals surface area contributed by atoms with Crippen molar-refractivity contribution >= 4 is 11.3 Å². The second kappa shape index (κ2) is 5.28. The van der Waals surface area contributed by atoms with Gasteiger partial charge in [0.1, 0.15) is 0 Å². The standard InChI is InChI=1S/C14H17NS/c1-11(13-7-4-3-5-8-13)15-12(2)14-9-6-10-16-14/h3-12,15H,1-2H3/t11-,12?/m1/s1. The minimum Gasteiger partial charge on any atom is -0.303 e. The fraction of sp³-hybridized carbons (Fsp3) is 0.286. The summed E-state index contributed by atoms with van der Waals surface area (Å²) in [5.74, 6) is 0. The molecule has 0 amide bonds. The Morgan fingerprint density at radius 1 is 0.938 bits per heavy atom. The molecule has 0 aliphatic carbocycles. The number of hydrogen-bond acceptors (Lipinski definition) is 2. The Labute approximate surface area is 101 Å². The van der Waals surface area contributed by atoms with Crippen molar-refractivity contribution in [2.75, 3.05) is 0 Å². The maximum Gasteiger partial charge on any atom is 0.0391 e. The summed E-state index contributed by atoms with van der Waals surface area (Å²) in [6.07, 6.45) is 0. The largest absolute Gasteiger partial charge is 0.303 e. The van der Waals surface area contributed by atoms with E-state index in [2.05, 4.69) is 67.0 Å². The number of nitrogens with one attached hydrogen (secondary N) is 1. The summed E-state index contributed by atoms with van der Waals surface area (Å²) >= 11 is 1.81. The Morgan fingerprint density at radius 3 is 2.31 bits per heavy atom. The third-order valence-corrected chi connectivity index (χ3v) is 3.82. The van der Waals surface area contributed by atoms with Gasteiger partial charge in [-0.1, -0.05) is 36.4 Å². The minimum absolute atomic E-state index is 0.387. The highest BCUT2D eigenvalue weighted by Crippen LogP contribution is 2.22. The molecule has 1 aromatic carbocycles. The van der Waals surface area contributed by atoms with Gasteiger partial charge in [0, 0.05) is 17.0 Å². The molecule has 16 heavy (non-hydrogen) atoms. The zero-order valence-electron chi connectivity index (χ0n) is 9.68. The summed E-state index contributed by atoms with van der Waals surface area (Å²) in [6, 6.07) is 15.6. The summed E-state index contributed by atoms with van der Waals surface area (Å²) in [7, 11) is 0.